The van der Waals surface area contributed by atoms with Crippen LogP contribution in [0.25, 0.3) is 0 Å². The SMILES string of the molecule is COc1cc([C@@H]2N3CCc4ccccc4[C@@H]3CN2S(=O)(=O)c2ccccc2)ccc1OS(=O)(=O)c1ccccc1. The van der Waals surface area contributed by atoms with Crippen LogP contribution in [0.5, 0.6) is 11.5 Å². The van der Waals surface area contributed by atoms with Crippen LogP contribution in [0, 0.1) is 0 Å². The number of methoxy groups -OCH3 is 1. The second-order valence-electron chi connectivity index (χ2n) is 9.72. The summed E-state index contributed by atoms with van der Waals surface area (Å²) < 4.78 is 66.3. The van der Waals surface area contributed by atoms with Gasteiger partial charge in [0.25, 0.3) is 0 Å². The van der Waals surface area contributed by atoms with Gasteiger partial charge >= 0.3 is 10.1 Å². The van der Waals surface area contributed by atoms with E-state index in [2.05, 4.69) is 17.0 Å². The van der Waals surface area contributed by atoms with Crippen molar-refractivity contribution in [2.75, 3.05) is 20.2 Å². The molecular weight excluding hydrogens is 548 g/mol. The lowest BCUT2D eigenvalue weighted by molar-refractivity contribution is 0.154. The normalized spacial score (nSPS) is 19.5. The molecule has 0 bridgehead atoms. The largest absolute Gasteiger partial charge is 0.493 e. The number of fused-ring (bicyclic) bond motifs is 3. The van der Waals surface area contributed by atoms with Gasteiger partial charge in [0.1, 0.15) is 11.1 Å². The third-order valence-corrected chi connectivity index (χ3v) is 10.5. The van der Waals surface area contributed by atoms with Gasteiger partial charge in [-0.25, -0.2) is 8.42 Å². The predicted molar refractivity (Wildman–Crippen MR) is 150 cm³/mol. The van der Waals surface area contributed by atoms with Crippen molar-refractivity contribution in [3.8, 4) is 11.5 Å². The van der Waals surface area contributed by atoms with Gasteiger partial charge in [-0.05, 0) is 59.5 Å². The predicted octanol–water partition coefficient (Wildman–Crippen LogP) is 4.77. The zero-order valence-electron chi connectivity index (χ0n) is 21.8. The summed E-state index contributed by atoms with van der Waals surface area (Å²) in [4.78, 5) is 2.43. The van der Waals surface area contributed by atoms with E-state index in [-0.39, 0.29) is 33.9 Å². The molecule has 10 heteroatoms. The minimum Gasteiger partial charge on any atom is -0.493 e. The molecular formula is C30H28N2O6S2. The fourth-order valence-corrected chi connectivity index (χ4v) is 8.16. The van der Waals surface area contributed by atoms with Crippen molar-refractivity contribution >= 4 is 20.1 Å². The van der Waals surface area contributed by atoms with Crippen LogP contribution in [0.2, 0.25) is 0 Å². The van der Waals surface area contributed by atoms with Crippen LogP contribution in [0.15, 0.2) is 113 Å². The molecule has 4 aromatic carbocycles. The van der Waals surface area contributed by atoms with Crippen molar-refractivity contribution in [1.29, 1.82) is 0 Å². The molecule has 0 saturated carbocycles. The van der Waals surface area contributed by atoms with Gasteiger partial charge < -0.3 is 8.92 Å². The number of benzene rings is 4. The van der Waals surface area contributed by atoms with E-state index in [9.17, 15) is 16.8 Å². The summed E-state index contributed by atoms with van der Waals surface area (Å²) in [5, 5.41) is 0. The van der Waals surface area contributed by atoms with E-state index >= 15 is 0 Å². The number of hydrogen-bond acceptors (Lipinski definition) is 7. The van der Waals surface area contributed by atoms with E-state index < -0.39 is 26.3 Å². The monoisotopic (exact) mass is 576 g/mol. The maximum atomic E-state index is 14.0. The first-order valence-electron chi connectivity index (χ1n) is 12.9. The maximum absolute atomic E-state index is 14.0. The molecule has 2 aliphatic heterocycles. The Balaban J connectivity index is 1.42. The Morgan fingerprint density at radius 3 is 2.10 bits per heavy atom. The lowest BCUT2D eigenvalue weighted by atomic mass is 9.93. The van der Waals surface area contributed by atoms with Crippen LogP contribution in [0.1, 0.15) is 28.9 Å². The molecule has 2 heterocycles. The lowest BCUT2D eigenvalue weighted by Gasteiger charge is -2.36. The summed E-state index contributed by atoms with van der Waals surface area (Å²) in [7, 11) is -6.54. The van der Waals surface area contributed by atoms with Crippen molar-refractivity contribution in [3.05, 3.63) is 120 Å². The van der Waals surface area contributed by atoms with Crippen molar-refractivity contribution in [1.82, 2.24) is 9.21 Å². The number of ether oxygens (including phenoxy) is 1. The Morgan fingerprint density at radius 2 is 1.40 bits per heavy atom. The van der Waals surface area contributed by atoms with Crippen LogP contribution in [0.3, 0.4) is 0 Å². The molecule has 0 spiro atoms. The molecule has 206 valence electrons. The van der Waals surface area contributed by atoms with E-state index in [1.54, 1.807) is 60.7 Å². The van der Waals surface area contributed by atoms with Crippen molar-refractivity contribution in [3.63, 3.8) is 0 Å². The Kier molecular flexibility index (Phi) is 6.87. The van der Waals surface area contributed by atoms with Gasteiger partial charge in [-0.1, -0.05) is 66.7 Å². The van der Waals surface area contributed by atoms with Crippen molar-refractivity contribution < 1.29 is 25.8 Å². The fraction of sp³-hybridized carbons (Fsp3) is 0.200. The quantitative estimate of drug-likeness (QED) is 0.293. The average molecular weight is 577 g/mol. The lowest BCUT2D eigenvalue weighted by Crippen LogP contribution is -2.37. The van der Waals surface area contributed by atoms with Crippen LogP contribution >= 0.6 is 0 Å². The second-order valence-corrected chi connectivity index (χ2v) is 13.2. The van der Waals surface area contributed by atoms with Crippen LogP contribution in [-0.2, 0) is 26.6 Å². The first kappa shape index (κ1) is 26.5. The van der Waals surface area contributed by atoms with E-state index in [1.165, 1.54) is 35.2 Å². The smallest absolute Gasteiger partial charge is 0.339 e. The molecule has 0 aromatic heterocycles. The van der Waals surface area contributed by atoms with Crippen LogP contribution in [0.4, 0.5) is 0 Å². The molecule has 0 radical (unpaired) electrons. The Morgan fingerprint density at radius 1 is 0.750 bits per heavy atom. The molecule has 0 aliphatic carbocycles. The van der Waals surface area contributed by atoms with Crippen molar-refractivity contribution in [2.24, 2.45) is 0 Å². The maximum Gasteiger partial charge on any atom is 0.339 e. The molecule has 0 N–H and O–H groups in total. The van der Waals surface area contributed by atoms with E-state index in [0.717, 1.165) is 12.0 Å². The third-order valence-electron chi connectivity index (χ3n) is 7.46. The molecule has 4 aromatic rings. The van der Waals surface area contributed by atoms with Gasteiger partial charge in [0, 0.05) is 13.1 Å². The van der Waals surface area contributed by atoms with Gasteiger partial charge in [-0.2, -0.15) is 12.7 Å². The van der Waals surface area contributed by atoms with E-state index in [0.29, 0.717) is 12.1 Å². The Bertz CT molecular complexity index is 1750. The van der Waals surface area contributed by atoms with Gasteiger partial charge in [0.15, 0.2) is 11.5 Å². The zero-order valence-corrected chi connectivity index (χ0v) is 23.4. The molecule has 6 rings (SSSR count). The standard InChI is InChI=1S/C30H28N2O6S2/c1-37-29-20-23(16-17-28(29)38-40(35,36)25-13-6-3-7-14-25)30-31-19-18-22-10-8-9-15-26(22)27(31)21-32(30)39(33,34)24-11-4-2-5-12-24/h2-17,20,27,30H,18-19,21H2,1H3/t27-,30+/m0/s1. The van der Waals surface area contributed by atoms with Gasteiger partial charge in [-0.3, -0.25) is 4.90 Å². The number of sulfonamides is 1. The highest BCUT2D eigenvalue weighted by molar-refractivity contribution is 7.89. The Hall–Kier alpha value is -3.70. The number of nitrogens with zero attached hydrogens (tertiary/aromatic N) is 2. The highest BCUT2D eigenvalue weighted by atomic mass is 32.2. The van der Waals surface area contributed by atoms with Crippen LogP contribution < -0.4 is 8.92 Å². The van der Waals surface area contributed by atoms with Crippen LogP contribution in [-0.4, -0.2) is 46.2 Å². The zero-order chi connectivity index (χ0) is 27.9. The number of hydrogen-bond donors (Lipinski definition) is 0. The Labute approximate surface area is 234 Å². The summed E-state index contributed by atoms with van der Waals surface area (Å²) in [6.45, 7) is 0.942. The molecule has 2 atom stereocenters. The summed E-state index contributed by atoms with van der Waals surface area (Å²) in [6, 6.07) is 29.2. The number of rotatable bonds is 7. The molecule has 8 nitrogen and oxygen atoms in total. The van der Waals surface area contributed by atoms with E-state index in [4.69, 9.17) is 8.92 Å². The first-order chi connectivity index (χ1) is 19.3. The highest BCUT2D eigenvalue weighted by Gasteiger charge is 2.48. The van der Waals surface area contributed by atoms with Gasteiger partial charge in [0.2, 0.25) is 10.0 Å². The summed E-state index contributed by atoms with van der Waals surface area (Å²) in [6.07, 6.45) is 0.160. The molecule has 40 heavy (non-hydrogen) atoms. The molecule has 0 amide bonds. The van der Waals surface area contributed by atoms with E-state index in [1.807, 2.05) is 12.1 Å². The summed E-state index contributed by atoms with van der Waals surface area (Å²) in [5.41, 5.74) is 2.99. The topological polar surface area (TPSA) is 93.2 Å². The van der Waals surface area contributed by atoms with Gasteiger partial charge in [-0.15, -0.1) is 0 Å². The first-order valence-corrected chi connectivity index (χ1v) is 15.7. The summed E-state index contributed by atoms with van der Waals surface area (Å²) in [5.74, 6) is 0.209. The average Bonchev–Trinajstić information content (AvgIpc) is 3.39. The van der Waals surface area contributed by atoms with Gasteiger partial charge in [0.05, 0.1) is 18.0 Å². The molecule has 1 fully saturated rings. The minimum absolute atomic E-state index is 0.0195. The summed E-state index contributed by atoms with van der Waals surface area (Å²) >= 11 is 0. The third kappa shape index (κ3) is 4.66. The molecule has 0 unspecified atom stereocenters. The minimum atomic E-state index is -4.10. The molecule has 2 aliphatic rings. The fourth-order valence-electron chi connectivity index (χ4n) is 5.58. The van der Waals surface area contributed by atoms with Crippen molar-refractivity contribution in [2.45, 2.75) is 28.4 Å². The highest BCUT2D eigenvalue weighted by Crippen LogP contribution is 2.47. The molecule has 1 saturated heterocycles. The second kappa shape index (κ2) is 10.4.